The van der Waals surface area contributed by atoms with Crippen LogP contribution in [0.5, 0.6) is 0 Å². The van der Waals surface area contributed by atoms with Gasteiger partial charge in [0.15, 0.2) is 0 Å². The second-order valence-electron chi connectivity index (χ2n) is 5.03. The van der Waals surface area contributed by atoms with E-state index in [-0.39, 0.29) is 31.3 Å². The summed E-state index contributed by atoms with van der Waals surface area (Å²) in [4.78, 5) is 22.3. The summed E-state index contributed by atoms with van der Waals surface area (Å²) in [5.74, 6) is -1.45. The number of rotatable bonds is 4. The molecule has 0 radical (unpaired) electrons. The van der Waals surface area contributed by atoms with Crippen molar-refractivity contribution < 1.29 is 19.8 Å². The van der Waals surface area contributed by atoms with Crippen LogP contribution >= 0.6 is 0 Å². The number of hydrogen-bond donors (Lipinski definition) is 4. The van der Waals surface area contributed by atoms with Gasteiger partial charge in [-0.05, 0) is 32.2 Å². The summed E-state index contributed by atoms with van der Waals surface area (Å²) in [6, 6.07) is -0.158. The van der Waals surface area contributed by atoms with Gasteiger partial charge in [0, 0.05) is 6.54 Å². The first-order chi connectivity index (χ1) is 8.00. The Labute approximate surface area is 99.4 Å². The van der Waals surface area contributed by atoms with E-state index in [2.05, 4.69) is 10.6 Å². The molecule has 0 aromatic rings. The third-order valence-electron chi connectivity index (χ3n) is 3.57. The second-order valence-corrected chi connectivity index (χ2v) is 5.03. The van der Waals surface area contributed by atoms with Gasteiger partial charge in [0.2, 0.25) is 5.91 Å². The van der Waals surface area contributed by atoms with Gasteiger partial charge in [0.05, 0.1) is 17.6 Å². The molecule has 6 heteroatoms. The highest BCUT2D eigenvalue weighted by Crippen LogP contribution is 2.37. The molecule has 4 N–H and O–H groups in total. The average molecular weight is 242 g/mol. The van der Waals surface area contributed by atoms with Gasteiger partial charge in [-0.15, -0.1) is 0 Å². The van der Waals surface area contributed by atoms with Crippen LogP contribution in [0.3, 0.4) is 0 Å². The predicted octanol–water partition coefficient (Wildman–Crippen LogP) is -0.920. The lowest BCUT2D eigenvalue weighted by molar-refractivity contribution is -0.158. The number of nitrogens with one attached hydrogen (secondary N) is 2. The second kappa shape index (κ2) is 4.62. The average Bonchev–Trinajstić information content (AvgIpc) is 2.75. The summed E-state index contributed by atoms with van der Waals surface area (Å²) in [6.07, 6.45) is 2.26. The summed E-state index contributed by atoms with van der Waals surface area (Å²) in [6.45, 7) is 0.997. The van der Waals surface area contributed by atoms with Crippen molar-refractivity contribution in [1.29, 1.82) is 0 Å². The topological polar surface area (TPSA) is 98.7 Å². The molecule has 6 nitrogen and oxygen atoms in total. The van der Waals surface area contributed by atoms with Gasteiger partial charge in [-0.25, -0.2) is 0 Å². The number of amides is 1. The minimum Gasteiger partial charge on any atom is -0.481 e. The molecule has 2 aliphatic rings. The Morgan fingerprint density at radius 2 is 2.12 bits per heavy atom. The van der Waals surface area contributed by atoms with Crippen LogP contribution in [0.1, 0.15) is 25.7 Å². The van der Waals surface area contributed by atoms with Crippen molar-refractivity contribution in [1.82, 2.24) is 10.6 Å². The quantitative estimate of drug-likeness (QED) is 0.511. The molecule has 96 valence electrons. The van der Waals surface area contributed by atoms with E-state index in [1.807, 2.05) is 0 Å². The molecular formula is C11H18N2O4. The van der Waals surface area contributed by atoms with Gasteiger partial charge in [0.25, 0.3) is 0 Å². The van der Waals surface area contributed by atoms with Crippen LogP contribution in [-0.2, 0) is 9.59 Å². The Morgan fingerprint density at radius 3 is 2.65 bits per heavy atom. The first-order valence-corrected chi connectivity index (χ1v) is 5.96. The number of carboxylic acids is 1. The zero-order valence-corrected chi connectivity index (χ0v) is 9.61. The Balaban J connectivity index is 1.72. The van der Waals surface area contributed by atoms with Crippen molar-refractivity contribution in [3.63, 3.8) is 0 Å². The third kappa shape index (κ3) is 2.76. The van der Waals surface area contributed by atoms with Crippen molar-refractivity contribution in [3.05, 3.63) is 0 Å². The molecule has 17 heavy (non-hydrogen) atoms. The number of carbonyl (C=O) groups excluding carboxylic acids is 1. The van der Waals surface area contributed by atoms with Gasteiger partial charge in [-0.2, -0.15) is 0 Å². The smallest absolute Gasteiger partial charge is 0.306 e. The molecule has 0 aromatic heterocycles. The fraction of sp³-hybridized carbons (Fsp3) is 0.818. The van der Waals surface area contributed by atoms with E-state index < -0.39 is 17.5 Å². The highest BCUT2D eigenvalue weighted by molar-refractivity contribution is 5.82. The van der Waals surface area contributed by atoms with E-state index in [1.54, 1.807) is 0 Å². The van der Waals surface area contributed by atoms with Crippen molar-refractivity contribution in [2.24, 2.45) is 5.92 Å². The van der Waals surface area contributed by atoms with Crippen LogP contribution in [0.15, 0.2) is 0 Å². The van der Waals surface area contributed by atoms with E-state index >= 15 is 0 Å². The van der Waals surface area contributed by atoms with Crippen molar-refractivity contribution >= 4 is 11.9 Å². The lowest BCUT2D eigenvalue weighted by Crippen LogP contribution is -2.55. The zero-order valence-electron chi connectivity index (χ0n) is 9.61. The molecule has 1 unspecified atom stereocenters. The van der Waals surface area contributed by atoms with Crippen LogP contribution in [0.2, 0.25) is 0 Å². The maximum atomic E-state index is 11.6. The van der Waals surface area contributed by atoms with Crippen molar-refractivity contribution in [2.45, 2.75) is 37.3 Å². The Kier molecular flexibility index (Phi) is 3.35. The minimum atomic E-state index is -1.03. The predicted molar refractivity (Wildman–Crippen MR) is 59.3 cm³/mol. The number of hydrogen-bond acceptors (Lipinski definition) is 4. The Hall–Kier alpha value is -1.14. The molecule has 1 heterocycles. The van der Waals surface area contributed by atoms with Gasteiger partial charge in [0.1, 0.15) is 0 Å². The van der Waals surface area contributed by atoms with Gasteiger partial charge < -0.3 is 20.8 Å². The van der Waals surface area contributed by atoms with E-state index in [0.29, 0.717) is 0 Å². The fourth-order valence-electron chi connectivity index (χ4n) is 2.46. The van der Waals surface area contributed by atoms with Crippen LogP contribution in [-0.4, -0.2) is 46.8 Å². The van der Waals surface area contributed by atoms with E-state index in [4.69, 9.17) is 5.11 Å². The van der Waals surface area contributed by atoms with Gasteiger partial charge in [-0.3, -0.25) is 9.59 Å². The van der Waals surface area contributed by atoms with Crippen LogP contribution < -0.4 is 10.6 Å². The summed E-state index contributed by atoms with van der Waals surface area (Å²) in [5.41, 5.74) is -1.03. The molecule has 0 aromatic carbocycles. The molecule has 2 fully saturated rings. The number of aliphatic carboxylic acids is 1. The normalized spacial score (nSPS) is 36.3. The molecule has 2 rings (SSSR count). The van der Waals surface area contributed by atoms with E-state index in [0.717, 1.165) is 19.4 Å². The minimum absolute atomic E-state index is 0.102. The molecule has 1 saturated carbocycles. The lowest BCUT2D eigenvalue weighted by Gasteiger charge is -2.41. The van der Waals surface area contributed by atoms with Gasteiger partial charge in [-0.1, -0.05) is 0 Å². The first kappa shape index (κ1) is 12.3. The molecular weight excluding hydrogens is 224 g/mol. The third-order valence-corrected chi connectivity index (χ3v) is 3.57. The summed E-state index contributed by atoms with van der Waals surface area (Å²) >= 11 is 0. The Bertz CT molecular complexity index is 319. The van der Waals surface area contributed by atoms with E-state index in [9.17, 15) is 14.7 Å². The monoisotopic (exact) mass is 242 g/mol. The first-order valence-electron chi connectivity index (χ1n) is 5.96. The molecule has 1 aliphatic carbocycles. The highest BCUT2D eigenvalue weighted by atomic mass is 16.4. The van der Waals surface area contributed by atoms with Gasteiger partial charge >= 0.3 is 5.97 Å². The summed E-state index contributed by atoms with van der Waals surface area (Å²) in [7, 11) is 0. The molecule has 1 atom stereocenters. The number of carbonyl (C=O) groups is 2. The van der Waals surface area contributed by atoms with Crippen LogP contribution in [0.25, 0.3) is 0 Å². The molecule has 0 bridgehead atoms. The molecule has 1 saturated heterocycles. The lowest BCUT2D eigenvalue weighted by atomic mass is 9.71. The Morgan fingerprint density at radius 1 is 1.41 bits per heavy atom. The molecule has 1 aliphatic heterocycles. The molecule has 1 amide bonds. The number of carboxylic acid groups (broad SMARTS) is 1. The number of aliphatic hydroxyl groups is 1. The maximum absolute atomic E-state index is 11.6. The standard InChI is InChI=1S/C11H18N2O4/c14-9(8-2-1-3-12-8)13-6-11(17)4-7(5-11)10(15)16/h7-8,12,17H,1-6H2,(H,13,14)(H,15,16). The SMILES string of the molecule is O=C(O)C1CC(O)(CNC(=O)C2CCCN2)C1. The van der Waals surface area contributed by atoms with Crippen molar-refractivity contribution in [2.75, 3.05) is 13.1 Å². The van der Waals surface area contributed by atoms with Crippen LogP contribution in [0, 0.1) is 5.92 Å². The molecule has 0 spiro atoms. The maximum Gasteiger partial charge on any atom is 0.306 e. The summed E-state index contributed by atoms with van der Waals surface area (Å²) in [5, 5.41) is 24.4. The summed E-state index contributed by atoms with van der Waals surface area (Å²) < 4.78 is 0. The van der Waals surface area contributed by atoms with Crippen molar-refractivity contribution in [3.8, 4) is 0 Å². The largest absolute Gasteiger partial charge is 0.481 e. The fourth-order valence-corrected chi connectivity index (χ4v) is 2.46. The zero-order chi connectivity index (χ0) is 12.5. The highest BCUT2D eigenvalue weighted by Gasteiger charge is 2.46. The van der Waals surface area contributed by atoms with E-state index in [1.165, 1.54) is 0 Å². The van der Waals surface area contributed by atoms with Crippen LogP contribution in [0.4, 0.5) is 0 Å².